The van der Waals surface area contributed by atoms with Gasteiger partial charge in [0.25, 0.3) is 0 Å². The van der Waals surface area contributed by atoms with Gasteiger partial charge in [-0.3, -0.25) is 9.10 Å². The molecule has 2 rings (SSSR count). The Labute approximate surface area is 156 Å². The van der Waals surface area contributed by atoms with Crippen molar-refractivity contribution >= 4 is 38.9 Å². The zero-order valence-corrected chi connectivity index (χ0v) is 15.9. The summed E-state index contributed by atoms with van der Waals surface area (Å²) < 4.78 is 44.2. The Balaban J connectivity index is 2.36. The lowest BCUT2D eigenvalue weighted by Gasteiger charge is -2.28. The van der Waals surface area contributed by atoms with Crippen molar-refractivity contribution in [3.63, 3.8) is 0 Å². The van der Waals surface area contributed by atoms with E-state index in [-0.39, 0.29) is 16.4 Å². The summed E-state index contributed by atoms with van der Waals surface area (Å²) in [7, 11) is -2.39. The Morgan fingerprint density at radius 1 is 1.27 bits per heavy atom. The van der Waals surface area contributed by atoms with Gasteiger partial charge in [0, 0.05) is 0 Å². The number of carbonyl (C=O) groups excluding carboxylic acids is 1. The molecule has 0 radical (unpaired) electrons. The standard InChI is InChI=1S/C17H18ClFN2O4S/c1-11(17(22)20-15-7-5-4-6-14(15)19)21(26(3,23)24)12-8-9-16(25-2)13(18)10-12/h4-11H,1-3H3,(H,20,22)/t11-/m0/s1. The highest BCUT2D eigenvalue weighted by Gasteiger charge is 2.30. The van der Waals surface area contributed by atoms with Crippen molar-refractivity contribution in [2.75, 3.05) is 23.0 Å². The van der Waals surface area contributed by atoms with Crippen LogP contribution in [0.25, 0.3) is 0 Å². The number of amides is 1. The first-order chi connectivity index (χ1) is 12.1. The summed E-state index contributed by atoms with van der Waals surface area (Å²) in [5.41, 5.74) is 0.153. The van der Waals surface area contributed by atoms with E-state index in [0.29, 0.717) is 5.75 Å². The van der Waals surface area contributed by atoms with E-state index in [1.807, 2.05) is 0 Å². The Hall–Kier alpha value is -2.32. The van der Waals surface area contributed by atoms with E-state index < -0.39 is 27.8 Å². The van der Waals surface area contributed by atoms with E-state index >= 15 is 0 Å². The monoisotopic (exact) mass is 400 g/mol. The molecular weight excluding hydrogens is 383 g/mol. The first kappa shape index (κ1) is 20.0. The van der Waals surface area contributed by atoms with Gasteiger partial charge >= 0.3 is 0 Å². The number of nitrogens with one attached hydrogen (secondary N) is 1. The van der Waals surface area contributed by atoms with E-state index in [1.54, 1.807) is 6.07 Å². The molecule has 9 heteroatoms. The second-order valence-electron chi connectivity index (χ2n) is 5.52. The van der Waals surface area contributed by atoms with Gasteiger partial charge in [-0.1, -0.05) is 23.7 Å². The summed E-state index contributed by atoms with van der Waals surface area (Å²) in [6.07, 6.45) is 0.970. The summed E-state index contributed by atoms with van der Waals surface area (Å²) >= 11 is 6.06. The number of rotatable bonds is 6. The zero-order chi connectivity index (χ0) is 19.5. The fourth-order valence-corrected chi connectivity index (χ4v) is 3.82. The number of ether oxygens (including phenoxy) is 1. The van der Waals surface area contributed by atoms with Gasteiger partial charge in [-0.15, -0.1) is 0 Å². The molecule has 1 N–H and O–H groups in total. The van der Waals surface area contributed by atoms with Crippen molar-refractivity contribution in [1.29, 1.82) is 0 Å². The van der Waals surface area contributed by atoms with Crippen LogP contribution in [0.15, 0.2) is 42.5 Å². The van der Waals surface area contributed by atoms with Gasteiger partial charge in [0.05, 0.1) is 29.8 Å². The average molecular weight is 401 g/mol. The molecule has 0 spiro atoms. The van der Waals surface area contributed by atoms with Crippen LogP contribution in [-0.4, -0.2) is 33.7 Å². The SMILES string of the molecule is COc1ccc(N([C@@H](C)C(=O)Nc2ccccc2F)S(C)(=O)=O)cc1Cl. The van der Waals surface area contributed by atoms with Gasteiger partial charge in [-0.05, 0) is 37.3 Å². The molecule has 0 heterocycles. The van der Waals surface area contributed by atoms with Crippen LogP contribution >= 0.6 is 11.6 Å². The normalized spacial score (nSPS) is 12.3. The number of anilines is 2. The van der Waals surface area contributed by atoms with Crippen LogP contribution in [0.4, 0.5) is 15.8 Å². The predicted molar refractivity (Wildman–Crippen MR) is 99.8 cm³/mol. The second-order valence-corrected chi connectivity index (χ2v) is 7.79. The highest BCUT2D eigenvalue weighted by atomic mass is 35.5. The molecule has 6 nitrogen and oxygen atoms in total. The van der Waals surface area contributed by atoms with Crippen molar-refractivity contribution < 1.29 is 22.3 Å². The molecule has 0 bridgehead atoms. The number of carbonyl (C=O) groups is 1. The van der Waals surface area contributed by atoms with Crippen molar-refractivity contribution in [3.8, 4) is 5.75 Å². The Bertz CT molecular complexity index is 921. The molecule has 0 aliphatic rings. The van der Waals surface area contributed by atoms with Gasteiger partial charge in [-0.25, -0.2) is 12.8 Å². The Morgan fingerprint density at radius 2 is 1.92 bits per heavy atom. The molecule has 0 saturated carbocycles. The fraction of sp³-hybridized carbons (Fsp3) is 0.235. The fourth-order valence-electron chi connectivity index (χ4n) is 2.40. The maximum Gasteiger partial charge on any atom is 0.248 e. The molecule has 1 atom stereocenters. The quantitative estimate of drug-likeness (QED) is 0.807. The first-order valence-electron chi connectivity index (χ1n) is 7.53. The smallest absolute Gasteiger partial charge is 0.248 e. The van der Waals surface area contributed by atoms with Gasteiger partial charge in [0.15, 0.2) is 0 Å². The lowest BCUT2D eigenvalue weighted by atomic mass is 10.2. The van der Waals surface area contributed by atoms with Crippen molar-refractivity contribution in [3.05, 3.63) is 53.3 Å². The van der Waals surface area contributed by atoms with Gasteiger partial charge < -0.3 is 10.1 Å². The molecule has 2 aromatic carbocycles. The predicted octanol–water partition coefficient (Wildman–Crippen LogP) is 3.28. The summed E-state index contributed by atoms with van der Waals surface area (Å²) in [6, 6.07) is 8.82. The van der Waals surface area contributed by atoms with Crippen LogP contribution in [0, 0.1) is 5.82 Å². The third-order valence-corrected chi connectivity index (χ3v) is 5.15. The third-order valence-electron chi connectivity index (χ3n) is 3.61. The molecule has 26 heavy (non-hydrogen) atoms. The molecule has 140 valence electrons. The van der Waals surface area contributed by atoms with Crippen LogP contribution in [-0.2, 0) is 14.8 Å². The molecule has 0 fully saturated rings. The number of sulfonamides is 1. The summed E-state index contributed by atoms with van der Waals surface area (Å²) in [5, 5.41) is 2.59. The summed E-state index contributed by atoms with van der Waals surface area (Å²) in [6.45, 7) is 1.40. The molecule has 0 saturated heterocycles. The molecule has 0 unspecified atom stereocenters. The van der Waals surface area contributed by atoms with E-state index in [2.05, 4.69) is 5.32 Å². The van der Waals surface area contributed by atoms with E-state index in [9.17, 15) is 17.6 Å². The minimum absolute atomic E-state index is 0.0365. The number of methoxy groups -OCH3 is 1. The molecule has 1 amide bonds. The highest BCUT2D eigenvalue weighted by Crippen LogP contribution is 2.31. The zero-order valence-electron chi connectivity index (χ0n) is 14.4. The van der Waals surface area contributed by atoms with Gasteiger partial charge in [0.1, 0.15) is 17.6 Å². The van der Waals surface area contributed by atoms with Crippen LogP contribution in [0.3, 0.4) is 0 Å². The van der Waals surface area contributed by atoms with Crippen LogP contribution in [0.1, 0.15) is 6.92 Å². The maximum atomic E-state index is 13.7. The lowest BCUT2D eigenvalue weighted by Crippen LogP contribution is -2.45. The van der Waals surface area contributed by atoms with Crippen molar-refractivity contribution in [2.45, 2.75) is 13.0 Å². The third kappa shape index (κ3) is 4.44. The van der Waals surface area contributed by atoms with E-state index in [1.165, 1.54) is 50.4 Å². The van der Waals surface area contributed by atoms with Crippen LogP contribution < -0.4 is 14.4 Å². The van der Waals surface area contributed by atoms with Crippen LogP contribution in [0.5, 0.6) is 5.75 Å². The Kier molecular flexibility index (Phi) is 6.09. The van der Waals surface area contributed by atoms with Gasteiger partial charge in [-0.2, -0.15) is 0 Å². The molecular formula is C17H18ClFN2O4S. The average Bonchev–Trinajstić information content (AvgIpc) is 2.56. The van der Waals surface area contributed by atoms with E-state index in [0.717, 1.165) is 10.6 Å². The molecule has 0 aliphatic carbocycles. The summed E-state index contributed by atoms with van der Waals surface area (Å²) in [5.74, 6) is -0.939. The molecule has 2 aromatic rings. The number of halogens is 2. The van der Waals surface area contributed by atoms with Gasteiger partial charge in [0.2, 0.25) is 15.9 Å². The minimum atomic E-state index is -3.82. The number of hydrogen-bond donors (Lipinski definition) is 1. The maximum absolute atomic E-state index is 13.7. The number of hydrogen-bond acceptors (Lipinski definition) is 4. The summed E-state index contributed by atoms with van der Waals surface area (Å²) in [4.78, 5) is 12.5. The number of nitrogens with zero attached hydrogens (tertiary/aromatic N) is 1. The lowest BCUT2D eigenvalue weighted by molar-refractivity contribution is -0.116. The first-order valence-corrected chi connectivity index (χ1v) is 9.76. The number of para-hydroxylation sites is 1. The number of benzene rings is 2. The molecule has 0 aromatic heterocycles. The van der Waals surface area contributed by atoms with Crippen molar-refractivity contribution in [1.82, 2.24) is 0 Å². The minimum Gasteiger partial charge on any atom is -0.495 e. The second kappa shape index (κ2) is 7.92. The largest absolute Gasteiger partial charge is 0.495 e. The molecule has 0 aliphatic heterocycles. The van der Waals surface area contributed by atoms with E-state index in [4.69, 9.17) is 16.3 Å². The topological polar surface area (TPSA) is 75.7 Å². The highest BCUT2D eigenvalue weighted by molar-refractivity contribution is 7.92. The Morgan fingerprint density at radius 3 is 2.46 bits per heavy atom. The van der Waals surface area contributed by atoms with Crippen LogP contribution in [0.2, 0.25) is 5.02 Å². The van der Waals surface area contributed by atoms with Crippen molar-refractivity contribution in [2.24, 2.45) is 0 Å².